The molecule has 0 bridgehead atoms. The minimum atomic E-state index is -4.65. The van der Waals surface area contributed by atoms with Gasteiger partial charge in [-0.3, -0.25) is 9.52 Å². The summed E-state index contributed by atoms with van der Waals surface area (Å²) in [5.74, 6) is 0.0426. The Hall–Kier alpha value is -2.50. The summed E-state index contributed by atoms with van der Waals surface area (Å²) >= 11 is 5.86. The summed E-state index contributed by atoms with van der Waals surface area (Å²) in [6, 6.07) is 7.47. The molecule has 12 heteroatoms. The quantitative estimate of drug-likeness (QED) is 0.663. The van der Waals surface area contributed by atoms with Crippen LogP contribution in [0.25, 0.3) is 0 Å². The number of hydrogen-bond acceptors (Lipinski definition) is 5. The molecule has 1 aliphatic heterocycles. The van der Waals surface area contributed by atoms with E-state index in [1.165, 1.54) is 24.3 Å². The Bertz CT molecular complexity index is 1070. The molecule has 0 radical (unpaired) electrons. The number of morpholine rings is 1. The SMILES string of the molecule is C[C@H](Oc1ccc(S(=O)(=O)Nc2cc(C(F)(F)F)ccc2Cl)cc1)C(=O)N1CCOCC1. The molecule has 32 heavy (non-hydrogen) atoms. The normalized spacial score (nSPS) is 15.8. The van der Waals surface area contributed by atoms with E-state index in [0.717, 1.165) is 12.1 Å². The van der Waals surface area contributed by atoms with Gasteiger partial charge < -0.3 is 14.4 Å². The van der Waals surface area contributed by atoms with Gasteiger partial charge in [0.1, 0.15) is 5.75 Å². The smallest absolute Gasteiger partial charge is 0.416 e. The number of carbonyl (C=O) groups is 1. The number of carbonyl (C=O) groups excluding carboxylic acids is 1. The van der Waals surface area contributed by atoms with Crippen molar-refractivity contribution in [3.63, 3.8) is 0 Å². The number of amides is 1. The van der Waals surface area contributed by atoms with Gasteiger partial charge in [0.2, 0.25) is 0 Å². The van der Waals surface area contributed by atoms with E-state index in [2.05, 4.69) is 4.72 Å². The Balaban J connectivity index is 1.70. The zero-order valence-electron chi connectivity index (χ0n) is 16.9. The highest BCUT2D eigenvalue weighted by Crippen LogP contribution is 2.34. The number of anilines is 1. The van der Waals surface area contributed by atoms with Gasteiger partial charge in [0.15, 0.2) is 6.10 Å². The molecule has 0 aliphatic carbocycles. The van der Waals surface area contributed by atoms with Crippen molar-refractivity contribution in [3.05, 3.63) is 53.1 Å². The molecule has 0 spiro atoms. The van der Waals surface area contributed by atoms with Gasteiger partial charge >= 0.3 is 6.18 Å². The van der Waals surface area contributed by atoms with E-state index >= 15 is 0 Å². The number of nitrogens with zero attached hydrogens (tertiary/aromatic N) is 1. The number of ether oxygens (including phenoxy) is 2. The number of sulfonamides is 1. The fourth-order valence-corrected chi connectivity index (χ4v) is 4.27. The van der Waals surface area contributed by atoms with E-state index in [1.807, 2.05) is 0 Å². The molecule has 1 aliphatic rings. The summed E-state index contributed by atoms with van der Waals surface area (Å²) in [4.78, 5) is 13.8. The molecule has 0 saturated carbocycles. The maximum Gasteiger partial charge on any atom is 0.416 e. The predicted octanol–water partition coefficient (Wildman–Crippen LogP) is 3.79. The lowest BCUT2D eigenvalue weighted by atomic mass is 10.2. The fourth-order valence-electron chi connectivity index (χ4n) is 2.98. The minimum Gasteiger partial charge on any atom is -0.481 e. The van der Waals surface area contributed by atoms with Crippen LogP contribution < -0.4 is 9.46 Å². The van der Waals surface area contributed by atoms with Gasteiger partial charge in [0, 0.05) is 13.1 Å². The first-order valence-corrected chi connectivity index (χ1v) is 11.4. The molecule has 1 N–H and O–H groups in total. The van der Waals surface area contributed by atoms with Crippen molar-refractivity contribution in [2.45, 2.75) is 24.1 Å². The summed E-state index contributed by atoms with van der Waals surface area (Å²) < 4.78 is 76.8. The zero-order chi connectivity index (χ0) is 23.5. The van der Waals surface area contributed by atoms with Crippen molar-refractivity contribution >= 4 is 33.2 Å². The van der Waals surface area contributed by atoms with Gasteiger partial charge in [-0.1, -0.05) is 11.6 Å². The number of hydrogen-bond donors (Lipinski definition) is 1. The van der Waals surface area contributed by atoms with E-state index in [-0.39, 0.29) is 21.6 Å². The molecule has 174 valence electrons. The van der Waals surface area contributed by atoms with Crippen molar-refractivity contribution < 1.29 is 35.9 Å². The lowest BCUT2D eigenvalue weighted by Gasteiger charge is -2.29. The first-order valence-electron chi connectivity index (χ1n) is 9.50. The average molecular weight is 493 g/mol. The second kappa shape index (κ2) is 9.55. The van der Waals surface area contributed by atoms with Crippen molar-refractivity contribution in [2.24, 2.45) is 0 Å². The lowest BCUT2D eigenvalue weighted by molar-refractivity contribution is -0.142. The molecule has 1 amide bonds. The van der Waals surface area contributed by atoms with Crippen LogP contribution in [0.4, 0.5) is 18.9 Å². The van der Waals surface area contributed by atoms with Gasteiger partial charge in [-0.05, 0) is 49.4 Å². The van der Waals surface area contributed by atoms with E-state index in [0.29, 0.717) is 32.4 Å². The van der Waals surface area contributed by atoms with E-state index in [1.54, 1.807) is 11.8 Å². The zero-order valence-corrected chi connectivity index (χ0v) is 18.4. The number of alkyl halides is 3. The van der Waals surface area contributed by atoms with Crippen LogP contribution in [0.15, 0.2) is 47.4 Å². The topological polar surface area (TPSA) is 84.9 Å². The van der Waals surface area contributed by atoms with Crippen LogP contribution in [0.5, 0.6) is 5.75 Å². The van der Waals surface area contributed by atoms with Crippen LogP contribution in [0.2, 0.25) is 5.02 Å². The molecular weight excluding hydrogens is 473 g/mol. The van der Waals surface area contributed by atoms with Crippen LogP contribution in [0.1, 0.15) is 12.5 Å². The molecular formula is C20H20ClF3N2O5S. The first-order chi connectivity index (χ1) is 15.0. The van der Waals surface area contributed by atoms with E-state index < -0.39 is 33.6 Å². The van der Waals surface area contributed by atoms with Gasteiger partial charge in [0.25, 0.3) is 15.9 Å². The summed E-state index contributed by atoms with van der Waals surface area (Å²) in [6.45, 7) is 3.42. The van der Waals surface area contributed by atoms with Crippen molar-refractivity contribution in [1.82, 2.24) is 4.90 Å². The number of halogens is 4. The largest absolute Gasteiger partial charge is 0.481 e. The lowest BCUT2D eigenvalue weighted by Crippen LogP contribution is -2.46. The van der Waals surface area contributed by atoms with Gasteiger partial charge in [-0.2, -0.15) is 13.2 Å². The minimum absolute atomic E-state index is 0.183. The highest BCUT2D eigenvalue weighted by atomic mass is 35.5. The monoisotopic (exact) mass is 492 g/mol. The summed E-state index contributed by atoms with van der Waals surface area (Å²) in [6.07, 6.45) is -5.45. The second-order valence-corrected chi connectivity index (χ2v) is 9.06. The number of benzene rings is 2. The maximum absolute atomic E-state index is 12.9. The summed E-state index contributed by atoms with van der Waals surface area (Å²) in [5, 5.41) is -0.183. The van der Waals surface area contributed by atoms with Crippen molar-refractivity contribution in [1.29, 1.82) is 0 Å². The Morgan fingerprint density at radius 2 is 1.78 bits per heavy atom. The van der Waals surface area contributed by atoms with Crippen molar-refractivity contribution in [2.75, 3.05) is 31.0 Å². The number of rotatable bonds is 6. The third-order valence-electron chi connectivity index (χ3n) is 4.66. The molecule has 1 saturated heterocycles. The fraction of sp³-hybridized carbons (Fsp3) is 0.350. The Labute approximate surface area is 188 Å². The molecule has 0 unspecified atom stereocenters. The first kappa shape index (κ1) is 24.1. The van der Waals surface area contributed by atoms with Crippen molar-refractivity contribution in [3.8, 4) is 5.75 Å². The maximum atomic E-state index is 12.9. The predicted molar refractivity (Wildman–Crippen MR) is 111 cm³/mol. The third kappa shape index (κ3) is 5.84. The highest BCUT2D eigenvalue weighted by Gasteiger charge is 2.31. The van der Waals surface area contributed by atoms with E-state index in [9.17, 15) is 26.4 Å². The Kier molecular flexibility index (Phi) is 7.21. The third-order valence-corrected chi connectivity index (χ3v) is 6.37. The average Bonchev–Trinajstić information content (AvgIpc) is 2.75. The summed E-state index contributed by atoms with van der Waals surface area (Å²) in [5.41, 5.74) is -1.44. The van der Waals surface area contributed by atoms with Crippen LogP contribution in [-0.2, 0) is 25.7 Å². The molecule has 7 nitrogen and oxygen atoms in total. The highest BCUT2D eigenvalue weighted by molar-refractivity contribution is 7.92. The molecule has 3 rings (SSSR count). The van der Waals surface area contributed by atoms with Crippen LogP contribution in [0.3, 0.4) is 0 Å². The molecule has 1 atom stereocenters. The second-order valence-electron chi connectivity index (χ2n) is 6.97. The standard InChI is InChI=1S/C20H20ClF3N2O5S/c1-13(19(27)26-8-10-30-11-9-26)31-15-3-5-16(6-4-15)32(28,29)25-18-12-14(20(22,23)24)2-7-17(18)21/h2-7,12-13,25H,8-11H2,1H3/t13-/m0/s1. The molecule has 2 aromatic carbocycles. The molecule has 2 aromatic rings. The Morgan fingerprint density at radius 3 is 2.38 bits per heavy atom. The van der Waals surface area contributed by atoms with Gasteiger partial charge in [-0.25, -0.2) is 8.42 Å². The Morgan fingerprint density at radius 1 is 1.16 bits per heavy atom. The number of nitrogens with one attached hydrogen (secondary N) is 1. The van der Waals surface area contributed by atoms with E-state index in [4.69, 9.17) is 21.1 Å². The summed E-state index contributed by atoms with van der Waals surface area (Å²) in [7, 11) is -4.22. The van der Waals surface area contributed by atoms with Crippen LogP contribution in [0, 0.1) is 0 Å². The molecule has 1 heterocycles. The molecule has 0 aromatic heterocycles. The van der Waals surface area contributed by atoms with Gasteiger partial charge in [0.05, 0.1) is 34.4 Å². The van der Waals surface area contributed by atoms with Crippen LogP contribution >= 0.6 is 11.6 Å². The molecule has 1 fully saturated rings. The van der Waals surface area contributed by atoms with Gasteiger partial charge in [-0.15, -0.1) is 0 Å². The van der Waals surface area contributed by atoms with Crippen LogP contribution in [-0.4, -0.2) is 51.6 Å².